The third-order valence-electron chi connectivity index (χ3n) is 0.996. The highest BCUT2D eigenvalue weighted by atomic mass is 79.9. The molecule has 0 aliphatic carbocycles. The van der Waals surface area contributed by atoms with Crippen LogP contribution in [0, 0.1) is 0 Å². The molecule has 0 aromatic heterocycles. The van der Waals surface area contributed by atoms with Crippen LogP contribution in [0.15, 0.2) is 12.2 Å². The highest BCUT2D eigenvalue weighted by Gasteiger charge is 2.16. The second-order valence-corrected chi connectivity index (χ2v) is 3.02. The third kappa shape index (κ3) is 3.77. The topological polar surface area (TPSA) is 74.6 Å². The van der Waals surface area contributed by atoms with Crippen LogP contribution in [0.4, 0.5) is 0 Å². The lowest BCUT2D eigenvalue weighted by atomic mass is 10.2. The van der Waals surface area contributed by atoms with E-state index in [0.717, 1.165) is 0 Å². The quantitative estimate of drug-likeness (QED) is 0.547. The summed E-state index contributed by atoms with van der Waals surface area (Å²) in [6.07, 6.45) is -0.0926. The number of rotatable bonds is 4. The van der Waals surface area contributed by atoms with Gasteiger partial charge in [0.05, 0.1) is 0 Å². The van der Waals surface area contributed by atoms with E-state index in [-0.39, 0.29) is 12.0 Å². The van der Waals surface area contributed by atoms with Crippen LogP contribution in [-0.4, -0.2) is 27.0 Å². The van der Waals surface area contributed by atoms with Crippen LogP contribution in [0.25, 0.3) is 0 Å². The molecule has 62 valence electrons. The van der Waals surface area contributed by atoms with E-state index >= 15 is 0 Å². The minimum absolute atomic E-state index is 0.0926. The molecule has 1 unspecified atom stereocenters. The molecule has 0 rings (SSSR count). The van der Waals surface area contributed by atoms with Gasteiger partial charge in [0, 0.05) is 12.0 Å². The van der Waals surface area contributed by atoms with Gasteiger partial charge in [-0.25, -0.2) is 4.79 Å². The summed E-state index contributed by atoms with van der Waals surface area (Å²) >= 11 is 2.79. The first-order valence-corrected chi connectivity index (χ1v) is 3.64. The Morgan fingerprint density at radius 1 is 1.45 bits per heavy atom. The van der Waals surface area contributed by atoms with Gasteiger partial charge in [-0.05, 0) is 0 Å². The molecule has 0 radical (unpaired) electrons. The maximum atomic E-state index is 10.2. The fourth-order valence-corrected chi connectivity index (χ4v) is 0.782. The van der Waals surface area contributed by atoms with Crippen molar-refractivity contribution in [1.82, 2.24) is 0 Å². The Bertz CT molecular complexity index is 199. The van der Waals surface area contributed by atoms with Gasteiger partial charge in [-0.1, -0.05) is 22.5 Å². The van der Waals surface area contributed by atoms with E-state index in [1.165, 1.54) is 0 Å². The van der Waals surface area contributed by atoms with Gasteiger partial charge < -0.3 is 10.2 Å². The molecule has 0 aliphatic rings. The molecule has 0 fully saturated rings. The molecular formula is C6H7BrO4. The van der Waals surface area contributed by atoms with E-state index < -0.39 is 16.8 Å². The molecule has 0 aromatic carbocycles. The Morgan fingerprint density at radius 3 is 2.18 bits per heavy atom. The van der Waals surface area contributed by atoms with E-state index in [4.69, 9.17) is 10.2 Å². The summed E-state index contributed by atoms with van der Waals surface area (Å²) in [7, 11) is 0. The molecule has 0 bridgehead atoms. The van der Waals surface area contributed by atoms with Gasteiger partial charge in [-0.15, -0.1) is 0 Å². The summed E-state index contributed by atoms with van der Waals surface area (Å²) in [5.41, 5.74) is -0.116. The van der Waals surface area contributed by atoms with Crippen LogP contribution < -0.4 is 0 Å². The van der Waals surface area contributed by atoms with Gasteiger partial charge in [0.15, 0.2) is 0 Å². The summed E-state index contributed by atoms with van der Waals surface area (Å²) in [6, 6.07) is 0. The van der Waals surface area contributed by atoms with Gasteiger partial charge in [0.2, 0.25) is 0 Å². The minimum atomic E-state index is -1.17. The Labute approximate surface area is 71.7 Å². The summed E-state index contributed by atoms with van der Waals surface area (Å²) in [5, 5.41) is 16.6. The van der Waals surface area contributed by atoms with Gasteiger partial charge in [-0.3, -0.25) is 4.79 Å². The molecule has 0 saturated heterocycles. The van der Waals surface area contributed by atoms with Crippen molar-refractivity contribution in [2.24, 2.45) is 0 Å². The van der Waals surface area contributed by atoms with E-state index in [1.807, 2.05) is 0 Å². The second kappa shape index (κ2) is 4.12. The summed E-state index contributed by atoms with van der Waals surface area (Å²) in [6.45, 7) is 3.18. The van der Waals surface area contributed by atoms with Crippen LogP contribution in [0.1, 0.15) is 6.42 Å². The first kappa shape index (κ1) is 10.2. The van der Waals surface area contributed by atoms with Crippen molar-refractivity contribution in [2.45, 2.75) is 11.2 Å². The number of aliphatic carboxylic acids is 2. The highest BCUT2D eigenvalue weighted by Crippen LogP contribution is 2.11. The van der Waals surface area contributed by atoms with Crippen LogP contribution in [0.3, 0.4) is 0 Å². The summed E-state index contributed by atoms with van der Waals surface area (Å²) < 4.78 is 0. The molecule has 2 N–H and O–H groups in total. The molecule has 0 saturated carbocycles. The van der Waals surface area contributed by atoms with Gasteiger partial charge in [0.25, 0.3) is 0 Å². The fourth-order valence-electron chi connectivity index (χ4n) is 0.391. The van der Waals surface area contributed by atoms with Gasteiger partial charge in [0.1, 0.15) is 4.83 Å². The number of hydrogen-bond acceptors (Lipinski definition) is 2. The molecule has 0 aromatic rings. The monoisotopic (exact) mass is 222 g/mol. The van der Waals surface area contributed by atoms with Crippen molar-refractivity contribution < 1.29 is 19.8 Å². The van der Waals surface area contributed by atoms with E-state index in [2.05, 4.69) is 22.5 Å². The molecule has 0 heterocycles. The largest absolute Gasteiger partial charge is 0.480 e. The number of carbonyl (C=O) groups is 2. The molecular weight excluding hydrogens is 216 g/mol. The van der Waals surface area contributed by atoms with Crippen molar-refractivity contribution in [2.75, 3.05) is 0 Å². The fraction of sp³-hybridized carbons (Fsp3) is 0.333. The molecule has 0 spiro atoms. The zero-order valence-electron chi connectivity index (χ0n) is 5.58. The number of halogens is 1. The van der Waals surface area contributed by atoms with Gasteiger partial charge in [-0.2, -0.15) is 0 Å². The number of alkyl halides is 1. The first-order chi connectivity index (χ1) is 4.95. The number of carboxylic acid groups (broad SMARTS) is 2. The van der Waals surface area contributed by atoms with Crippen molar-refractivity contribution in [1.29, 1.82) is 0 Å². The highest BCUT2D eigenvalue weighted by molar-refractivity contribution is 9.10. The molecule has 0 aliphatic heterocycles. The lowest BCUT2D eigenvalue weighted by Crippen LogP contribution is -2.15. The third-order valence-corrected chi connectivity index (χ3v) is 1.71. The zero-order valence-corrected chi connectivity index (χ0v) is 7.17. The predicted molar refractivity (Wildman–Crippen MR) is 41.7 cm³/mol. The Morgan fingerprint density at radius 2 is 1.91 bits per heavy atom. The summed E-state index contributed by atoms with van der Waals surface area (Å²) in [4.78, 5) is 19.5. The lowest BCUT2D eigenvalue weighted by molar-refractivity contribution is -0.136. The van der Waals surface area contributed by atoms with Crippen LogP contribution in [-0.2, 0) is 9.59 Å². The van der Waals surface area contributed by atoms with Crippen molar-refractivity contribution >= 4 is 27.9 Å². The van der Waals surface area contributed by atoms with Gasteiger partial charge >= 0.3 is 11.9 Å². The molecule has 1 atom stereocenters. The van der Waals surface area contributed by atoms with Crippen molar-refractivity contribution in [3.05, 3.63) is 12.2 Å². The standard InChI is InChI=1S/C6H7BrO4/c1-3(5(8)9)2-4(7)6(10)11/h4H,1-2H2,(H,8,9)(H,10,11). The predicted octanol–water partition coefficient (Wildman–Crippen LogP) is 0.865. The normalized spacial score (nSPS) is 12.1. The SMILES string of the molecule is C=C(CC(Br)C(=O)O)C(=O)O. The maximum Gasteiger partial charge on any atom is 0.331 e. The smallest absolute Gasteiger partial charge is 0.331 e. The average Bonchev–Trinajstić information content (AvgIpc) is 1.87. The average molecular weight is 223 g/mol. The number of hydrogen-bond donors (Lipinski definition) is 2. The molecule has 11 heavy (non-hydrogen) atoms. The molecule has 0 amide bonds. The Kier molecular flexibility index (Phi) is 3.81. The second-order valence-electron chi connectivity index (χ2n) is 1.92. The van der Waals surface area contributed by atoms with Crippen molar-refractivity contribution in [3.63, 3.8) is 0 Å². The molecule has 4 nitrogen and oxygen atoms in total. The first-order valence-electron chi connectivity index (χ1n) is 2.73. The summed E-state index contributed by atoms with van der Waals surface area (Å²) in [5.74, 6) is -2.26. The maximum absolute atomic E-state index is 10.2. The van der Waals surface area contributed by atoms with Crippen LogP contribution in [0.5, 0.6) is 0 Å². The van der Waals surface area contributed by atoms with Crippen LogP contribution >= 0.6 is 15.9 Å². The molecule has 5 heteroatoms. The Hall–Kier alpha value is -0.840. The van der Waals surface area contributed by atoms with E-state index in [0.29, 0.717) is 0 Å². The van der Waals surface area contributed by atoms with Crippen molar-refractivity contribution in [3.8, 4) is 0 Å². The minimum Gasteiger partial charge on any atom is -0.480 e. The lowest BCUT2D eigenvalue weighted by Gasteiger charge is -2.02. The number of carboxylic acids is 2. The van der Waals surface area contributed by atoms with E-state index in [1.54, 1.807) is 0 Å². The van der Waals surface area contributed by atoms with Crippen LogP contribution in [0.2, 0.25) is 0 Å². The van der Waals surface area contributed by atoms with E-state index in [9.17, 15) is 9.59 Å². The Balaban J connectivity index is 3.95. The zero-order chi connectivity index (χ0) is 9.02.